The van der Waals surface area contributed by atoms with Gasteiger partial charge in [-0.25, -0.2) is 9.97 Å². The number of nitrogens with zero attached hydrogens (tertiary/aromatic N) is 2. The number of nitrogens with two attached hydrogens (primary N) is 1. The Kier molecular flexibility index (Phi) is 19.3. The van der Waals surface area contributed by atoms with Crippen molar-refractivity contribution in [2.24, 2.45) is 0 Å². The summed E-state index contributed by atoms with van der Waals surface area (Å²) >= 11 is 0. The molecule has 7 aromatic rings. The standard InChI is InChI=1S/C68H79N5O3/c1-4-7-10-13-16-19-46-74-54-32-24-50(25-33-54)66-59-40-38-57(70-59)65(49-22-30-53(69)31-23-49)58-39-41-60(71-58)67(51-26-34-55(35-27-51)75-47-20-17-14-11-8-5-2)62-43-45-64(73-62)68(63-44-42-61(66)72-63)52-28-36-56(37-29-52)76-48-21-18-15-12-9-6-3/h22-45,70,73H,4-21,46-48,69H2,1-3H3. The second-order valence-electron chi connectivity index (χ2n) is 20.5. The number of hydrogen-bond donors (Lipinski definition) is 3. The van der Waals surface area contributed by atoms with Gasteiger partial charge in [0.25, 0.3) is 0 Å². The highest BCUT2D eigenvalue weighted by Gasteiger charge is 2.20. The van der Waals surface area contributed by atoms with Gasteiger partial charge in [-0.05, 0) is 139 Å². The second-order valence-corrected chi connectivity index (χ2v) is 20.5. The molecule has 0 saturated heterocycles. The average molecular weight is 1010 g/mol. The third kappa shape index (κ3) is 13.9. The Morgan fingerprint density at radius 1 is 0.316 bits per heavy atom. The molecule has 0 amide bonds. The van der Waals surface area contributed by atoms with Crippen LogP contribution >= 0.6 is 0 Å². The van der Waals surface area contributed by atoms with E-state index >= 15 is 0 Å². The van der Waals surface area contributed by atoms with E-state index in [2.05, 4.69) is 164 Å². The quantitative estimate of drug-likeness (QED) is 0.0333. The van der Waals surface area contributed by atoms with Crippen molar-refractivity contribution in [2.45, 2.75) is 136 Å². The van der Waals surface area contributed by atoms with Crippen LogP contribution in [-0.2, 0) is 0 Å². The van der Waals surface area contributed by atoms with Gasteiger partial charge in [-0.1, -0.05) is 166 Å². The van der Waals surface area contributed by atoms with E-state index in [1.54, 1.807) is 0 Å². The first kappa shape index (κ1) is 53.5. The zero-order chi connectivity index (χ0) is 52.3. The Morgan fingerprint density at radius 2 is 0.566 bits per heavy atom. The Balaban J connectivity index is 1.18. The van der Waals surface area contributed by atoms with Crippen molar-refractivity contribution in [3.8, 4) is 61.8 Å². The Morgan fingerprint density at radius 3 is 0.842 bits per heavy atom. The van der Waals surface area contributed by atoms with E-state index in [1.807, 2.05) is 12.1 Å². The minimum Gasteiger partial charge on any atom is -0.494 e. The zero-order valence-electron chi connectivity index (χ0n) is 45.4. The predicted molar refractivity (Wildman–Crippen MR) is 322 cm³/mol. The van der Waals surface area contributed by atoms with Crippen LogP contribution in [0.5, 0.6) is 17.2 Å². The lowest BCUT2D eigenvalue weighted by atomic mass is 10.0. The molecule has 0 atom stereocenters. The number of nitrogens with one attached hydrogen (secondary N) is 2. The van der Waals surface area contributed by atoms with E-state index in [9.17, 15) is 0 Å². The van der Waals surface area contributed by atoms with E-state index in [0.29, 0.717) is 25.5 Å². The molecular formula is C68H79N5O3. The molecule has 0 unspecified atom stereocenters. The summed E-state index contributed by atoms with van der Waals surface area (Å²) in [5, 5.41) is 0. The third-order valence-corrected chi connectivity index (χ3v) is 14.7. The molecule has 394 valence electrons. The number of benzene rings is 4. The van der Waals surface area contributed by atoms with Gasteiger partial charge >= 0.3 is 0 Å². The summed E-state index contributed by atoms with van der Waals surface area (Å²) in [5.41, 5.74) is 22.2. The van der Waals surface area contributed by atoms with Crippen molar-refractivity contribution in [1.29, 1.82) is 0 Å². The Hall–Kier alpha value is -7.32. The molecule has 0 saturated carbocycles. The molecule has 2 aliphatic rings. The summed E-state index contributed by atoms with van der Waals surface area (Å²) in [5.74, 6) is 2.61. The molecule has 0 spiro atoms. The Labute approximate surface area is 451 Å². The second kappa shape index (κ2) is 27.5. The number of nitrogen functional groups attached to an aromatic ring is 1. The summed E-state index contributed by atoms with van der Waals surface area (Å²) in [6.07, 6.45) is 30.6. The zero-order valence-corrected chi connectivity index (χ0v) is 45.4. The van der Waals surface area contributed by atoms with Crippen LogP contribution in [0.2, 0.25) is 0 Å². The number of rotatable bonds is 28. The minimum atomic E-state index is 0.704. The highest BCUT2D eigenvalue weighted by Crippen LogP contribution is 2.39. The van der Waals surface area contributed by atoms with Gasteiger partial charge in [-0.3, -0.25) is 0 Å². The van der Waals surface area contributed by atoms with Crippen molar-refractivity contribution < 1.29 is 14.2 Å². The van der Waals surface area contributed by atoms with Gasteiger partial charge < -0.3 is 29.9 Å². The van der Waals surface area contributed by atoms with Gasteiger partial charge in [0.15, 0.2) is 0 Å². The number of unbranched alkanes of at least 4 members (excludes halogenated alkanes) is 15. The largest absolute Gasteiger partial charge is 0.494 e. The molecular weight excluding hydrogens is 935 g/mol. The number of hydrogen-bond acceptors (Lipinski definition) is 6. The van der Waals surface area contributed by atoms with Crippen LogP contribution in [0.15, 0.2) is 121 Å². The van der Waals surface area contributed by atoms with Gasteiger partial charge in [-0.15, -0.1) is 0 Å². The van der Waals surface area contributed by atoms with Crippen molar-refractivity contribution >= 4 is 52.1 Å². The highest BCUT2D eigenvalue weighted by molar-refractivity contribution is 6.00. The number of H-pyrrole nitrogens is 2. The number of fused-ring (bicyclic) bond motifs is 8. The number of aromatic amines is 2. The molecule has 76 heavy (non-hydrogen) atoms. The lowest BCUT2D eigenvalue weighted by Crippen LogP contribution is -1.97. The van der Waals surface area contributed by atoms with Gasteiger partial charge in [0.05, 0.1) is 42.6 Å². The molecule has 4 N–H and O–H groups in total. The molecule has 9 rings (SSSR count). The van der Waals surface area contributed by atoms with E-state index in [4.69, 9.17) is 29.9 Å². The minimum absolute atomic E-state index is 0.704. The molecule has 0 aliphatic carbocycles. The van der Waals surface area contributed by atoms with Gasteiger partial charge in [0.2, 0.25) is 0 Å². The molecule has 4 aromatic carbocycles. The number of anilines is 1. The molecule has 8 heteroatoms. The van der Waals surface area contributed by atoms with Crippen molar-refractivity contribution in [3.05, 3.63) is 144 Å². The van der Waals surface area contributed by atoms with Crippen LogP contribution in [0, 0.1) is 0 Å². The number of ether oxygens (including phenoxy) is 3. The predicted octanol–water partition coefficient (Wildman–Crippen LogP) is 19.1. The smallest absolute Gasteiger partial charge is 0.119 e. The van der Waals surface area contributed by atoms with Gasteiger partial charge in [0.1, 0.15) is 17.2 Å². The van der Waals surface area contributed by atoms with E-state index in [-0.39, 0.29) is 0 Å². The van der Waals surface area contributed by atoms with Crippen LogP contribution in [-0.4, -0.2) is 39.8 Å². The summed E-state index contributed by atoms with van der Waals surface area (Å²) in [4.78, 5) is 18.9. The van der Waals surface area contributed by atoms with Crippen molar-refractivity contribution in [1.82, 2.24) is 19.9 Å². The van der Waals surface area contributed by atoms with Crippen molar-refractivity contribution in [2.75, 3.05) is 25.6 Å². The van der Waals surface area contributed by atoms with Crippen LogP contribution < -0.4 is 19.9 Å². The van der Waals surface area contributed by atoms with E-state index in [0.717, 1.165) is 126 Å². The number of aromatic nitrogens is 4. The van der Waals surface area contributed by atoms with Crippen LogP contribution in [0.25, 0.3) is 90.9 Å². The first-order valence-corrected chi connectivity index (χ1v) is 28.7. The normalized spacial score (nSPS) is 11.9. The first-order chi connectivity index (χ1) is 37.5. The fourth-order valence-corrected chi connectivity index (χ4v) is 10.4. The fraction of sp³-hybridized carbons (Fsp3) is 0.353. The van der Waals surface area contributed by atoms with Crippen LogP contribution in [0.3, 0.4) is 0 Å². The molecule has 5 heterocycles. The SMILES string of the molecule is CCCCCCCCOc1ccc(-c2c3nc(c(-c4ccc(OCCCCCCCC)cc4)c4ccc([nH]4)c(-c4ccc(OCCCCCCCC)cc4)c4nc(c(-c5ccc(N)cc5)c5ccc2[nH]5)C=C4)C=C3)cc1. The van der Waals surface area contributed by atoms with Crippen LogP contribution in [0.4, 0.5) is 5.69 Å². The fourth-order valence-electron chi connectivity index (χ4n) is 10.4. The molecule has 0 radical (unpaired) electrons. The lowest BCUT2D eigenvalue weighted by molar-refractivity contribution is 0.304. The maximum atomic E-state index is 6.30. The van der Waals surface area contributed by atoms with Gasteiger partial charge in [-0.2, -0.15) is 0 Å². The van der Waals surface area contributed by atoms with Crippen LogP contribution in [0.1, 0.15) is 159 Å². The van der Waals surface area contributed by atoms with Crippen molar-refractivity contribution in [3.63, 3.8) is 0 Å². The van der Waals surface area contributed by atoms with Gasteiger partial charge in [0, 0.05) is 50.0 Å². The lowest BCUT2D eigenvalue weighted by Gasteiger charge is -2.10. The average Bonchev–Trinajstić information content (AvgIpc) is 4.32. The molecule has 8 bridgehead atoms. The molecule has 0 fully saturated rings. The van der Waals surface area contributed by atoms with E-state index < -0.39 is 0 Å². The highest BCUT2D eigenvalue weighted by atomic mass is 16.5. The maximum Gasteiger partial charge on any atom is 0.119 e. The summed E-state index contributed by atoms with van der Waals surface area (Å²) in [7, 11) is 0. The monoisotopic (exact) mass is 1010 g/mol. The maximum absolute atomic E-state index is 6.30. The summed E-state index contributed by atoms with van der Waals surface area (Å²) < 4.78 is 18.9. The summed E-state index contributed by atoms with van der Waals surface area (Å²) in [6.45, 7) is 8.91. The molecule has 2 aliphatic heterocycles. The summed E-state index contributed by atoms with van der Waals surface area (Å²) in [6, 6.07) is 42.3. The topological polar surface area (TPSA) is 111 Å². The third-order valence-electron chi connectivity index (χ3n) is 14.7. The Bertz CT molecular complexity index is 3120. The molecule has 8 nitrogen and oxygen atoms in total. The molecule has 3 aromatic heterocycles. The van der Waals surface area contributed by atoms with E-state index in [1.165, 1.54) is 96.3 Å². The first-order valence-electron chi connectivity index (χ1n) is 28.7.